The fourth-order valence-electron chi connectivity index (χ4n) is 4.33. The van der Waals surface area contributed by atoms with E-state index in [1.807, 2.05) is 53.2 Å². The zero-order chi connectivity index (χ0) is 25.1. The number of anilines is 1. The van der Waals surface area contributed by atoms with Gasteiger partial charge >= 0.3 is 5.97 Å². The topological polar surface area (TPSA) is 76.4 Å². The Morgan fingerprint density at radius 3 is 2.64 bits per heavy atom. The number of aliphatic imine (C=N–C) groups is 1. The summed E-state index contributed by atoms with van der Waals surface area (Å²) in [5.41, 5.74) is 3.72. The van der Waals surface area contributed by atoms with Crippen LogP contribution in [0.3, 0.4) is 0 Å². The van der Waals surface area contributed by atoms with Crippen LogP contribution in [0.4, 0.5) is 11.4 Å². The van der Waals surface area contributed by atoms with E-state index >= 15 is 0 Å². The van der Waals surface area contributed by atoms with Gasteiger partial charge in [-0.15, -0.1) is 0 Å². The number of carbonyl (C=O) groups is 2. The second-order valence-electron chi connectivity index (χ2n) is 8.52. The van der Waals surface area contributed by atoms with Crippen molar-refractivity contribution in [2.24, 2.45) is 4.99 Å². The lowest BCUT2D eigenvalue weighted by molar-refractivity contribution is -0.143. The lowest BCUT2D eigenvalue weighted by Gasteiger charge is -2.28. The molecule has 0 aliphatic carbocycles. The summed E-state index contributed by atoms with van der Waals surface area (Å²) in [5, 5.41) is 1.59. The van der Waals surface area contributed by atoms with Gasteiger partial charge in [0.15, 0.2) is 5.17 Å². The average Bonchev–Trinajstić information content (AvgIpc) is 3.37. The van der Waals surface area contributed by atoms with Crippen LogP contribution in [0.1, 0.15) is 12.5 Å². The van der Waals surface area contributed by atoms with Gasteiger partial charge in [-0.25, -0.2) is 4.99 Å². The van der Waals surface area contributed by atoms with E-state index in [9.17, 15) is 9.59 Å². The molecule has 2 aromatic carbocycles. The first-order valence-corrected chi connectivity index (χ1v) is 12.8. The standard InChI is InChI=1S/C27H28N4O4S/c1-3-35-25(32)18-31-17-19(22-6-4-5-7-23(22)31)16-24-26(33)29(2)27(36-24)28-20-8-10-21(11-9-20)30-12-14-34-15-13-30/h4-11,16-17H,3,12-15,18H2,1-2H3/b24-16+,28-27?. The first-order valence-electron chi connectivity index (χ1n) is 12.0. The quantitative estimate of drug-likeness (QED) is 0.369. The second-order valence-corrected chi connectivity index (χ2v) is 9.53. The monoisotopic (exact) mass is 504 g/mol. The number of fused-ring (bicyclic) bond motifs is 1. The third-order valence-corrected chi connectivity index (χ3v) is 7.23. The van der Waals surface area contributed by atoms with Crippen molar-refractivity contribution in [1.29, 1.82) is 0 Å². The lowest BCUT2D eigenvalue weighted by Crippen LogP contribution is -2.36. The van der Waals surface area contributed by atoms with Gasteiger partial charge < -0.3 is 18.9 Å². The normalized spacial score (nSPS) is 18.6. The summed E-state index contributed by atoms with van der Waals surface area (Å²) >= 11 is 1.35. The molecular formula is C27H28N4O4S. The highest BCUT2D eigenvalue weighted by atomic mass is 32.2. The molecule has 9 heteroatoms. The maximum absolute atomic E-state index is 13.0. The molecule has 0 saturated carbocycles. The van der Waals surface area contributed by atoms with Crippen LogP contribution in [0.2, 0.25) is 0 Å². The van der Waals surface area contributed by atoms with Gasteiger partial charge in [0.1, 0.15) is 6.54 Å². The van der Waals surface area contributed by atoms with E-state index < -0.39 is 0 Å². The summed E-state index contributed by atoms with van der Waals surface area (Å²) in [6, 6.07) is 15.9. The molecule has 1 amide bonds. The van der Waals surface area contributed by atoms with Crippen LogP contribution in [-0.2, 0) is 25.6 Å². The first kappa shape index (κ1) is 24.1. The van der Waals surface area contributed by atoms with Crippen LogP contribution in [0.15, 0.2) is 64.6 Å². The first-order chi connectivity index (χ1) is 17.5. The smallest absolute Gasteiger partial charge is 0.325 e. The Kier molecular flexibility index (Phi) is 7.11. The zero-order valence-electron chi connectivity index (χ0n) is 20.3. The van der Waals surface area contributed by atoms with Crippen LogP contribution in [-0.4, -0.2) is 66.5 Å². The number of likely N-dealkylation sites (N-methyl/N-ethyl adjacent to an activating group) is 1. The van der Waals surface area contributed by atoms with Crippen molar-refractivity contribution in [3.8, 4) is 0 Å². The van der Waals surface area contributed by atoms with Crippen molar-refractivity contribution in [1.82, 2.24) is 9.47 Å². The predicted octanol–water partition coefficient (Wildman–Crippen LogP) is 4.27. The van der Waals surface area contributed by atoms with Gasteiger partial charge in [-0.05, 0) is 55.1 Å². The molecule has 0 unspecified atom stereocenters. The van der Waals surface area contributed by atoms with E-state index in [0.29, 0.717) is 16.7 Å². The molecule has 3 aromatic rings. The molecule has 2 aliphatic heterocycles. The Morgan fingerprint density at radius 1 is 1.14 bits per heavy atom. The summed E-state index contributed by atoms with van der Waals surface area (Å²) in [6.45, 7) is 5.49. The summed E-state index contributed by atoms with van der Waals surface area (Å²) < 4.78 is 12.4. The Hall–Kier alpha value is -3.56. The minimum absolute atomic E-state index is 0.106. The molecule has 0 bridgehead atoms. The Bertz CT molecular complexity index is 1340. The van der Waals surface area contributed by atoms with E-state index in [1.54, 1.807) is 18.9 Å². The van der Waals surface area contributed by atoms with Crippen LogP contribution in [0.25, 0.3) is 17.0 Å². The lowest BCUT2D eigenvalue weighted by atomic mass is 10.1. The highest BCUT2D eigenvalue weighted by Gasteiger charge is 2.30. The number of para-hydroxylation sites is 1. The Labute approximate surface area is 214 Å². The number of ether oxygens (including phenoxy) is 2. The molecule has 2 aliphatic rings. The van der Waals surface area contributed by atoms with Crippen LogP contribution in [0.5, 0.6) is 0 Å². The van der Waals surface area contributed by atoms with E-state index in [2.05, 4.69) is 17.0 Å². The third kappa shape index (κ3) is 5.03. The summed E-state index contributed by atoms with van der Waals surface area (Å²) in [4.78, 5) is 34.3. The number of hydrogen-bond acceptors (Lipinski definition) is 7. The maximum atomic E-state index is 13.0. The molecule has 5 rings (SSSR count). The highest BCUT2D eigenvalue weighted by Crippen LogP contribution is 2.35. The van der Waals surface area contributed by atoms with E-state index in [1.165, 1.54) is 11.8 Å². The fourth-order valence-corrected chi connectivity index (χ4v) is 5.31. The van der Waals surface area contributed by atoms with Crippen molar-refractivity contribution in [3.63, 3.8) is 0 Å². The molecule has 36 heavy (non-hydrogen) atoms. The molecule has 0 atom stereocenters. The zero-order valence-corrected chi connectivity index (χ0v) is 21.2. The van der Waals surface area contributed by atoms with Gasteiger partial charge in [0.2, 0.25) is 0 Å². The van der Waals surface area contributed by atoms with E-state index in [-0.39, 0.29) is 18.4 Å². The predicted molar refractivity (Wildman–Crippen MR) is 143 cm³/mol. The molecule has 1 aromatic heterocycles. The number of hydrogen-bond donors (Lipinski definition) is 0. The number of morpholine rings is 1. The number of thioether (sulfide) groups is 1. The Morgan fingerprint density at radius 2 is 1.89 bits per heavy atom. The number of rotatable bonds is 6. The minimum atomic E-state index is -0.294. The van der Waals surface area contributed by atoms with E-state index in [0.717, 1.165) is 54.1 Å². The number of amidine groups is 1. The van der Waals surface area contributed by atoms with Gasteiger partial charge in [-0.2, -0.15) is 0 Å². The number of amides is 1. The summed E-state index contributed by atoms with van der Waals surface area (Å²) in [6.07, 6.45) is 3.76. The average molecular weight is 505 g/mol. The molecule has 186 valence electrons. The van der Waals surface area contributed by atoms with Crippen molar-refractivity contribution in [2.45, 2.75) is 13.5 Å². The van der Waals surface area contributed by atoms with Crippen molar-refractivity contribution >= 4 is 57.2 Å². The van der Waals surface area contributed by atoms with Gasteiger partial charge in [0.25, 0.3) is 5.91 Å². The number of nitrogens with zero attached hydrogens (tertiary/aromatic N) is 4. The van der Waals surface area contributed by atoms with Crippen molar-refractivity contribution in [2.75, 3.05) is 44.9 Å². The van der Waals surface area contributed by atoms with E-state index in [4.69, 9.17) is 14.5 Å². The van der Waals surface area contributed by atoms with Gasteiger partial charge in [0.05, 0.1) is 30.4 Å². The van der Waals surface area contributed by atoms with Gasteiger partial charge in [-0.3, -0.25) is 14.5 Å². The molecule has 2 saturated heterocycles. The summed E-state index contributed by atoms with van der Waals surface area (Å²) in [5.74, 6) is -0.400. The minimum Gasteiger partial charge on any atom is -0.465 e. The molecule has 2 fully saturated rings. The molecule has 0 radical (unpaired) electrons. The SMILES string of the molecule is CCOC(=O)Cn1cc(/C=C2/SC(=Nc3ccc(N4CCOCC4)cc3)N(C)C2=O)c2ccccc21. The number of benzene rings is 2. The number of carbonyl (C=O) groups excluding carboxylic acids is 2. The molecule has 0 spiro atoms. The molecular weight excluding hydrogens is 476 g/mol. The third-order valence-electron chi connectivity index (χ3n) is 6.17. The Balaban J connectivity index is 1.38. The fraction of sp³-hybridized carbons (Fsp3) is 0.296. The summed E-state index contributed by atoms with van der Waals surface area (Å²) in [7, 11) is 1.74. The highest BCUT2D eigenvalue weighted by molar-refractivity contribution is 8.18. The van der Waals surface area contributed by atoms with Crippen LogP contribution >= 0.6 is 11.8 Å². The van der Waals surface area contributed by atoms with Crippen molar-refractivity contribution in [3.05, 3.63) is 65.2 Å². The van der Waals surface area contributed by atoms with Crippen LogP contribution < -0.4 is 4.90 Å². The number of aromatic nitrogens is 1. The van der Waals surface area contributed by atoms with Gasteiger partial charge in [-0.1, -0.05) is 18.2 Å². The second kappa shape index (κ2) is 10.6. The molecule has 0 N–H and O–H groups in total. The molecule has 3 heterocycles. The van der Waals surface area contributed by atoms with Crippen molar-refractivity contribution < 1.29 is 19.1 Å². The molecule has 8 nitrogen and oxygen atoms in total. The van der Waals surface area contributed by atoms with Gasteiger partial charge in [0, 0.05) is 48.5 Å². The van der Waals surface area contributed by atoms with Crippen LogP contribution in [0, 0.1) is 0 Å². The largest absolute Gasteiger partial charge is 0.465 e. The number of esters is 1. The maximum Gasteiger partial charge on any atom is 0.325 e.